The van der Waals surface area contributed by atoms with Crippen molar-refractivity contribution in [2.24, 2.45) is 0 Å². The average Bonchev–Trinajstić information content (AvgIpc) is 2.66. The maximum Gasteiger partial charge on any atom is 0.275 e. The van der Waals surface area contributed by atoms with Gasteiger partial charge >= 0.3 is 0 Å². The highest BCUT2D eigenvalue weighted by Crippen LogP contribution is 2.27. The Balaban J connectivity index is 2.19. The summed E-state index contributed by atoms with van der Waals surface area (Å²) in [4.78, 5) is 12.2. The molecule has 0 aliphatic rings. The number of amides is 1. The molecular weight excluding hydrogens is 372 g/mol. The van der Waals surface area contributed by atoms with E-state index in [9.17, 15) is 4.79 Å². The van der Waals surface area contributed by atoms with Gasteiger partial charge in [-0.05, 0) is 55.7 Å². The van der Waals surface area contributed by atoms with Crippen molar-refractivity contribution in [2.45, 2.75) is 85.0 Å². The number of hydrogen-bond acceptors (Lipinski definition) is 2. The molecule has 0 saturated carbocycles. The highest BCUT2D eigenvalue weighted by Gasteiger charge is 2.19. The van der Waals surface area contributed by atoms with Gasteiger partial charge in [-0.2, -0.15) is 0 Å². The van der Waals surface area contributed by atoms with E-state index in [1.807, 2.05) is 0 Å². The van der Waals surface area contributed by atoms with Crippen LogP contribution in [-0.2, 0) is 4.79 Å². The van der Waals surface area contributed by atoms with Crippen molar-refractivity contribution < 1.29 is 14.0 Å². The van der Waals surface area contributed by atoms with E-state index in [1.54, 1.807) is 0 Å². The van der Waals surface area contributed by atoms with Crippen LogP contribution in [0.2, 0.25) is 0 Å². The fourth-order valence-corrected chi connectivity index (χ4v) is 3.72. The van der Waals surface area contributed by atoms with E-state index in [4.69, 9.17) is 4.74 Å². The zero-order valence-electron chi connectivity index (χ0n) is 20.6. The third-order valence-electron chi connectivity index (χ3n) is 5.63. The van der Waals surface area contributed by atoms with Gasteiger partial charge in [-0.3, -0.25) is 4.79 Å². The molecule has 30 heavy (non-hydrogen) atoms. The number of hydrogen-bond donors (Lipinski definition) is 1. The van der Waals surface area contributed by atoms with Gasteiger partial charge in [0.15, 0.2) is 6.54 Å². The molecule has 0 atom stereocenters. The summed E-state index contributed by atoms with van der Waals surface area (Å²) >= 11 is 0. The first-order chi connectivity index (χ1) is 14.2. The summed E-state index contributed by atoms with van der Waals surface area (Å²) in [6.45, 7) is 11.9. The second-order valence-electron chi connectivity index (χ2n) is 9.69. The van der Waals surface area contributed by atoms with Crippen LogP contribution in [0.15, 0.2) is 18.2 Å². The second kappa shape index (κ2) is 14.5. The summed E-state index contributed by atoms with van der Waals surface area (Å²) in [5.74, 6) is 1.69. The number of likely N-dealkylation sites (N-methyl/N-ethyl adjacent to an activating group) is 1. The van der Waals surface area contributed by atoms with Crippen molar-refractivity contribution in [3.8, 4) is 5.75 Å². The lowest BCUT2D eigenvalue weighted by atomic mass is 10.0. The molecule has 0 unspecified atom stereocenters. The number of carbonyl (C=O) groups excluding carboxylic acids is 1. The molecule has 172 valence electrons. The highest BCUT2D eigenvalue weighted by atomic mass is 16.5. The van der Waals surface area contributed by atoms with Crippen molar-refractivity contribution >= 4 is 5.91 Å². The molecule has 1 aromatic rings. The Hall–Kier alpha value is -1.55. The van der Waals surface area contributed by atoms with E-state index >= 15 is 0 Å². The van der Waals surface area contributed by atoms with Gasteiger partial charge in [0.25, 0.3) is 5.91 Å². The second-order valence-corrected chi connectivity index (χ2v) is 9.69. The average molecular weight is 420 g/mol. The number of benzene rings is 1. The first kappa shape index (κ1) is 26.5. The van der Waals surface area contributed by atoms with Crippen LogP contribution in [-0.4, -0.2) is 50.7 Å². The molecular formula is C26H47N2O2+. The number of ether oxygens (including phenoxy) is 1. The Bertz CT molecular complexity index is 611. The van der Waals surface area contributed by atoms with Gasteiger partial charge in [0, 0.05) is 6.54 Å². The number of rotatable bonds is 16. The predicted molar refractivity (Wildman–Crippen MR) is 128 cm³/mol. The highest BCUT2D eigenvalue weighted by molar-refractivity contribution is 5.76. The Morgan fingerprint density at radius 1 is 1.03 bits per heavy atom. The van der Waals surface area contributed by atoms with Crippen molar-refractivity contribution in [2.75, 3.05) is 40.3 Å². The maximum absolute atomic E-state index is 12.2. The number of nitrogens with zero attached hydrogens (tertiary/aromatic N) is 1. The van der Waals surface area contributed by atoms with E-state index < -0.39 is 0 Å². The van der Waals surface area contributed by atoms with Gasteiger partial charge in [0.05, 0.1) is 27.2 Å². The van der Waals surface area contributed by atoms with Crippen LogP contribution in [0.4, 0.5) is 0 Å². The van der Waals surface area contributed by atoms with E-state index in [0.29, 0.717) is 12.5 Å². The van der Waals surface area contributed by atoms with Gasteiger partial charge in [0.2, 0.25) is 0 Å². The molecule has 0 heterocycles. The Morgan fingerprint density at radius 2 is 1.73 bits per heavy atom. The monoisotopic (exact) mass is 419 g/mol. The molecule has 4 nitrogen and oxygen atoms in total. The lowest BCUT2D eigenvalue weighted by Gasteiger charge is -2.29. The van der Waals surface area contributed by atoms with Crippen LogP contribution in [0.3, 0.4) is 0 Å². The van der Waals surface area contributed by atoms with Gasteiger partial charge in [-0.1, -0.05) is 58.6 Å². The summed E-state index contributed by atoms with van der Waals surface area (Å²) in [7, 11) is 4.30. The van der Waals surface area contributed by atoms with Crippen LogP contribution < -0.4 is 10.1 Å². The SMILES string of the molecule is CCCCCCCNC(=O)C[N+](C)(C)CCCCCOc1cc(C)ccc1C(C)C. The molecule has 1 N–H and O–H groups in total. The minimum atomic E-state index is 0.180. The van der Waals surface area contributed by atoms with Gasteiger partial charge in [-0.15, -0.1) is 0 Å². The summed E-state index contributed by atoms with van der Waals surface area (Å²) in [6, 6.07) is 6.49. The summed E-state index contributed by atoms with van der Waals surface area (Å²) in [5.41, 5.74) is 2.53. The third-order valence-corrected chi connectivity index (χ3v) is 5.63. The molecule has 0 aliphatic carbocycles. The number of unbranched alkanes of at least 4 members (excludes halogenated alkanes) is 6. The summed E-state index contributed by atoms with van der Waals surface area (Å²) in [6.07, 6.45) is 9.45. The third kappa shape index (κ3) is 11.6. The van der Waals surface area contributed by atoms with Crippen molar-refractivity contribution in [1.29, 1.82) is 0 Å². The van der Waals surface area contributed by atoms with E-state index in [2.05, 4.69) is 65.3 Å². The standard InChI is InChI=1S/C26H46N2O2/c1-7-8-9-10-12-17-27-26(29)21-28(5,6)18-13-11-14-19-30-25-20-23(4)15-16-24(25)22(2)3/h15-16,20,22H,7-14,17-19,21H2,1-6H3/p+1. The number of quaternary nitrogens is 1. The molecule has 0 fully saturated rings. The van der Waals surface area contributed by atoms with Gasteiger partial charge in [0.1, 0.15) is 5.75 Å². The quantitative estimate of drug-likeness (QED) is 0.270. The zero-order chi connectivity index (χ0) is 22.4. The number of aryl methyl sites for hydroxylation is 1. The normalized spacial score (nSPS) is 11.7. The topological polar surface area (TPSA) is 38.3 Å². The molecule has 0 radical (unpaired) electrons. The van der Waals surface area contributed by atoms with Crippen molar-refractivity contribution in [3.05, 3.63) is 29.3 Å². The molecule has 0 spiro atoms. The fraction of sp³-hybridized carbons (Fsp3) is 0.731. The first-order valence-electron chi connectivity index (χ1n) is 12.1. The fourth-order valence-electron chi connectivity index (χ4n) is 3.72. The number of carbonyl (C=O) groups is 1. The van der Waals surface area contributed by atoms with E-state index in [0.717, 1.165) is 55.6 Å². The number of nitrogens with one attached hydrogen (secondary N) is 1. The molecule has 0 aliphatic heterocycles. The minimum Gasteiger partial charge on any atom is -0.493 e. The van der Waals surface area contributed by atoms with Crippen LogP contribution >= 0.6 is 0 Å². The van der Waals surface area contributed by atoms with Crippen molar-refractivity contribution in [1.82, 2.24) is 5.32 Å². The molecule has 1 rings (SSSR count). The molecule has 1 amide bonds. The van der Waals surface area contributed by atoms with Crippen molar-refractivity contribution in [3.63, 3.8) is 0 Å². The van der Waals surface area contributed by atoms with Crippen LogP contribution in [0.25, 0.3) is 0 Å². The van der Waals surface area contributed by atoms with Gasteiger partial charge in [-0.25, -0.2) is 0 Å². The van der Waals surface area contributed by atoms with Crippen LogP contribution in [0.1, 0.15) is 89.2 Å². The molecule has 1 aromatic carbocycles. The molecule has 0 bridgehead atoms. The smallest absolute Gasteiger partial charge is 0.275 e. The minimum absolute atomic E-state index is 0.180. The molecule has 0 aromatic heterocycles. The summed E-state index contributed by atoms with van der Waals surface area (Å²) < 4.78 is 6.83. The first-order valence-corrected chi connectivity index (χ1v) is 12.1. The lowest BCUT2D eigenvalue weighted by molar-refractivity contribution is -0.882. The predicted octanol–water partition coefficient (Wildman–Crippen LogP) is 5.83. The molecule has 4 heteroatoms. The van der Waals surface area contributed by atoms with Crippen LogP contribution in [0, 0.1) is 6.92 Å². The maximum atomic E-state index is 12.2. The Kier molecular flexibility index (Phi) is 12.8. The Morgan fingerprint density at radius 3 is 2.43 bits per heavy atom. The van der Waals surface area contributed by atoms with Crippen LogP contribution in [0.5, 0.6) is 5.75 Å². The zero-order valence-corrected chi connectivity index (χ0v) is 20.6. The van der Waals surface area contributed by atoms with E-state index in [1.165, 1.54) is 36.8 Å². The van der Waals surface area contributed by atoms with Gasteiger partial charge < -0.3 is 14.5 Å². The summed E-state index contributed by atoms with van der Waals surface area (Å²) in [5, 5.41) is 3.09. The molecule has 0 saturated heterocycles. The van der Waals surface area contributed by atoms with E-state index in [-0.39, 0.29) is 5.91 Å². The largest absolute Gasteiger partial charge is 0.493 e. The lowest BCUT2D eigenvalue weighted by Crippen LogP contribution is -2.48. The Labute approximate surface area is 186 Å².